The van der Waals surface area contributed by atoms with E-state index in [0.717, 1.165) is 18.7 Å². The Kier molecular flexibility index (Phi) is 5.39. The third-order valence-electron chi connectivity index (χ3n) is 3.80. The van der Waals surface area contributed by atoms with Crippen molar-refractivity contribution >= 4 is 11.6 Å². The molecule has 2 aromatic carbocycles. The molecule has 1 saturated heterocycles. The maximum atomic E-state index is 6.27. The van der Waals surface area contributed by atoms with Crippen LogP contribution in [-0.4, -0.2) is 32.9 Å². The molecule has 0 aromatic heterocycles. The van der Waals surface area contributed by atoms with Crippen molar-refractivity contribution in [3.8, 4) is 11.5 Å². The maximum Gasteiger partial charge on any atom is 0.163 e. The minimum absolute atomic E-state index is 0.0742. The van der Waals surface area contributed by atoms with Gasteiger partial charge in [-0.25, -0.2) is 0 Å². The van der Waals surface area contributed by atoms with Crippen molar-refractivity contribution in [1.82, 2.24) is 5.32 Å². The number of halogens is 1. The number of morpholine rings is 1. The van der Waals surface area contributed by atoms with Gasteiger partial charge in [0.2, 0.25) is 0 Å². The fourth-order valence-corrected chi connectivity index (χ4v) is 2.82. The van der Waals surface area contributed by atoms with Gasteiger partial charge in [0.25, 0.3) is 0 Å². The average molecular weight is 334 g/mol. The summed E-state index contributed by atoms with van der Waals surface area (Å²) in [5, 5.41) is 3.96. The van der Waals surface area contributed by atoms with E-state index in [1.54, 1.807) is 25.3 Å². The number of rotatable bonds is 5. The molecule has 1 fully saturated rings. The van der Waals surface area contributed by atoms with Crippen LogP contribution < -0.4 is 14.8 Å². The molecule has 0 spiro atoms. The summed E-state index contributed by atoms with van der Waals surface area (Å²) in [6.45, 7) is 2.27. The smallest absolute Gasteiger partial charge is 0.163 e. The molecule has 0 aliphatic carbocycles. The lowest BCUT2D eigenvalue weighted by Gasteiger charge is -2.32. The molecule has 2 atom stereocenters. The topological polar surface area (TPSA) is 39.7 Å². The quantitative estimate of drug-likeness (QED) is 0.909. The van der Waals surface area contributed by atoms with Crippen LogP contribution in [0, 0.1) is 0 Å². The number of benzene rings is 2. The van der Waals surface area contributed by atoms with E-state index in [0.29, 0.717) is 23.1 Å². The van der Waals surface area contributed by atoms with Gasteiger partial charge in [-0.1, -0.05) is 41.9 Å². The Balaban J connectivity index is 1.91. The van der Waals surface area contributed by atoms with Crippen LogP contribution in [0.4, 0.5) is 0 Å². The van der Waals surface area contributed by atoms with E-state index in [1.165, 1.54) is 0 Å². The largest absolute Gasteiger partial charge is 0.493 e. The molecule has 5 heteroatoms. The van der Waals surface area contributed by atoms with Crippen LogP contribution in [0.15, 0.2) is 48.5 Å². The highest BCUT2D eigenvalue weighted by atomic mass is 35.5. The zero-order valence-corrected chi connectivity index (χ0v) is 13.8. The van der Waals surface area contributed by atoms with E-state index < -0.39 is 0 Å². The molecule has 0 bridgehead atoms. The summed E-state index contributed by atoms with van der Waals surface area (Å²) in [5.41, 5.74) is 1.06. The third-order valence-corrected chi connectivity index (χ3v) is 4.04. The number of hydrogen-bond acceptors (Lipinski definition) is 4. The van der Waals surface area contributed by atoms with E-state index in [2.05, 4.69) is 5.32 Å². The minimum Gasteiger partial charge on any atom is -0.493 e. The maximum absolute atomic E-state index is 6.27. The Labute approximate surface area is 141 Å². The van der Waals surface area contributed by atoms with Crippen LogP contribution >= 0.6 is 11.6 Å². The Bertz CT molecular complexity index is 629. The summed E-state index contributed by atoms with van der Waals surface area (Å²) in [5.74, 6) is 1.27. The molecule has 1 N–H and O–H groups in total. The molecule has 0 radical (unpaired) electrons. The van der Waals surface area contributed by atoms with Gasteiger partial charge in [0, 0.05) is 24.2 Å². The van der Waals surface area contributed by atoms with Crippen molar-refractivity contribution in [3.63, 3.8) is 0 Å². The monoisotopic (exact) mass is 333 g/mol. The number of nitrogens with one attached hydrogen (secondary N) is 1. The van der Waals surface area contributed by atoms with Crippen molar-refractivity contribution in [3.05, 3.63) is 59.1 Å². The standard InChI is InChI=1S/C18H20ClNO3/c1-21-15-8-7-14(19)11-16(15)23-18(13-5-3-2-4-6-13)17-12-20-9-10-22-17/h2-8,11,17-18,20H,9-10,12H2,1H3/t17-,18-/m0/s1. The van der Waals surface area contributed by atoms with Crippen LogP contribution in [0.2, 0.25) is 5.02 Å². The first-order valence-electron chi connectivity index (χ1n) is 7.65. The fraction of sp³-hybridized carbons (Fsp3) is 0.333. The van der Waals surface area contributed by atoms with E-state index in [1.807, 2.05) is 30.3 Å². The predicted molar refractivity (Wildman–Crippen MR) is 90.4 cm³/mol. The highest BCUT2D eigenvalue weighted by molar-refractivity contribution is 6.30. The second-order valence-corrected chi connectivity index (χ2v) is 5.79. The fourth-order valence-electron chi connectivity index (χ4n) is 2.66. The molecule has 23 heavy (non-hydrogen) atoms. The highest BCUT2D eigenvalue weighted by Gasteiger charge is 2.28. The molecule has 122 valence electrons. The van der Waals surface area contributed by atoms with Crippen LogP contribution in [0.3, 0.4) is 0 Å². The van der Waals surface area contributed by atoms with Gasteiger partial charge in [-0.2, -0.15) is 0 Å². The molecule has 2 aromatic rings. The van der Waals surface area contributed by atoms with Crippen LogP contribution in [0.1, 0.15) is 11.7 Å². The van der Waals surface area contributed by atoms with Gasteiger partial charge in [-0.05, 0) is 17.7 Å². The summed E-state index contributed by atoms with van der Waals surface area (Å²) in [7, 11) is 1.62. The molecule has 1 aliphatic heterocycles. The highest BCUT2D eigenvalue weighted by Crippen LogP contribution is 2.35. The number of hydrogen-bond donors (Lipinski definition) is 1. The Hall–Kier alpha value is -1.75. The summed E-state index contributed by atoms with van der Waals surface area (Å²) in [6.07, 6.45) is -0.314. The average Bonchev–Trinajstić information content (AvgIpc) is 2.61. The summed E-state index contributed by atoms with van der Waals surface area (Å²) >= 11 is 6.11. The van der Waals surface area contributed by atoms with Crippen LogP contribution in [0.5, 0.6) is 11.5 Å². The zero-order chi connectivity index (χ0) is 16.1. The molecule has 1 heterocycles. The lowest BCUT2D eigenvalue weighted by Crippen LogP contribution is -2.43. The van der Waals surface area contributed by atoms with Gasteiger partial charge >= 0.3 is 0 Å². The summed E-state index contributed by atoms with van der Waals surface area (Å²) in [4.78, 5) is 0. The molecule has 3 rings (SSSR count). The lowest BCUT2D eigenvalue weighted by atomic mass is 10.0. The normalized spacial score (nSPS) is 19.1. The first-order chi connectivity index (χ1) is 11.3. The molecule has 0 unspecified atom stereocenters. The number of ether oxygens (including phenoxy) is 3. The van der Waals surface area contributed by atoms with E-state index in [-0.39, 0.29) is 12.2 Å². The van der Waals surface area contributed by atoms with Crippen molar-refractivity contribution in [2.24, 2.45) is 0 Å². The number of methoxy groups -OCH3 is 1. The first kappa shape index (κ1) is 16.1. The summed E-state index contributed by atoms with van der Waals surface area (Å²) in [6, 6.07) is 15.4. The minimum atomic E-state index is -0.239. The van der Waals surface area contributed by atoms with Gasteiger partial charge in [0.05, 0.1) is 13.7 Å². The van der Waals surface area contributed by atoms with Gasteiger partial charge in [0.15, 0.2) is 17.6 Å². The van der Waals surface area contributed by atoms with Crippen molar-refractivity contribution in [2.75, 3.05) is 26.8 Å². The van der Waals surface area contributed by atoms with Gasteiger partial charge < -0.3 is 19.5 Å². The van der Waals surface area contributed by atoms with E-state index in [4.69, 9.17) is 25.8 Å². The first-order valence-corrected chi connectivity index (χ1v) is 8.03. The molecule has 0 saturated carbocycles. The Morgan fingerprint density at radius 1 is 1.17 bits per heavy atom. The van der Waals surface area contributed by atoms with Crippen molar-refractivity contribution in [1.29, 1.82) is 0 Å². The molecular weight excluding hydrogens is 314 g/mol. The third kappa shape index (κ3) is 3.96. The van der Waals surface area contributed by atoms with E-state index >= 15 is 0 Å². The second kappa shape index (κ2) is 7.68. The Morgan fingerprint density at radius 2 is 2.00 bits per heavy atom. The van der Waals surface area contributed by atoms with Crippen LogP contribution in [0.25, 0.3) is 0 Å². The van der Waals surface area contributed by atoms with Crippen molar-refractivity contribution in [2.45, 2.75) is 12.2 Å². The van der Waals surface area contributed by atoms with Gasteiger partial charge in [-0.15, -0.1) is 0 Å². The second-order valence-electron chi connectivity index (χ2n) is 5.36. The summed E-state index contributed by atoms with van der Waals surface area (Å²) < 4.78 is 17.6. The molecule has 0 amide bonds. The zero-order valence-electron chi connectivity index (χ0n) is 13.0. The molecule has 4 nitrogen and oxygen atoms in total. The molecular formula is C18H20ClNO3. The Morgan fingerprint density at radius 3 is 2.70 bits per heavy atom. The van der Waals surface area contributed by atoms with Crippen molar-refractivity contribution < 1.29 is 14.2 Å². The predicted octanol–water partition coefficient (Wildman–Crippen LogP) is 3.46. The molecule has 1 aliphatic rings. The van der Waals surface area contributed by atoms with Gasteiger partial charge in [0.1, 0.15) is 6.10 Å². The van der Waals surface area contributed by atoms with Gasteiger partial charge in [-0.3, -0.25) is 0 Å². The SMILES string of the molecule is COc1ccc(Cl)cc1O[C@@H](c1ccccc1)[C@@H]1CNCCO1. The van der Waals surface area contributed by atoms with Crippen LogP contribution in [-0.2, 0) is 4.74 Å². The van der Waals surface area contributed by atoms with E-state index in [9.17, 15) is 0 Å². The lowest BCUT2D eigenvalue weighted by molar-refractivity contribution is -0.0438.